The van der Waals surface area contributed by atoms with Crippen molar-refractivity contribution in [2.24, 2.45) is 5.92 Å². The van der Waals surface area contributed by atoms with Crippen molar-refractivity contribution in [3.8, 4) is 23.4 Å². The molecule has 1 aliphatic heterocycles. The van der Waals surface area contributed by atoms with Crippen molar-refractivity contribution < 1.29 is 13.9 Å². The van der Waals surface area contributed by atoms with Gasteiger partial charge in [-0.05, 0) is 18.5 Å². The lowest BCUT2D eigenvalue weighted by molar-refractivity contribution is 0.0899. The van der Waals surface area contributed by atoms with Crippen LogP contribution in [0.25, 0.3) is 22.3 Å². The quantitative estimate of drug-likeness (QED) is 0.160. The monoisotopic (exact) mass is 601 g/mol. The highest BCUT2D eigenvalue weighted by Gasteiger charge is 2.33. The molecule has 0 amide bonds. The molecule has 0 radical (unpaired) electrons. The maximum absolute atomic E-state index is 14.4. The van der Waals surface area contributed by atoms with Gasteiger partial charge in [-0.2, -0.15) is 15.6 Å². The molecule has 5 rings (SSSR count). The Morgan fingerprint density at radius 2 is 2.02 bits per heavy atom. The average molecular weight is 602 g/mol. The van der Waals surface area contributed by atoms with E-state index in [9.17, 15) is 14.9 Å². The molecule has 4 aromatic heterocycles. The largest absolute Gasteiger partial charge is 0.380 e. The molecule has 0 bridgehead atoms. The van der Waals surface area contributed by atoms with Crippen LogP contribution in [0.5, 0.6) is 0 Å². The number of halogens is 1. The average Bonchev–Trinajstić information content (AvgIpc) is 3.75. The molecule has 0 N–H and O–H groups in total. The standard InChI is InChI=1S/C30H36FN9O2Si/c1-41-18-25-24(13-33)30(34-15-26(25)31)38-9-6-21(16-38)27(5-8-32)40-17-22(14-37-40)28-23-7-10-39(29(23)36-19-35-28)20-42-11-12-43(2,3)4/h7,10,14-15,17,19,21,27H,5-6,9,11-12,16,18,20H2,1-4H3/t21-,27-/m0/s1. The minimum absolute atomic E-state index is 0.0139. The molecule has 224 valence electrons. The van der Waals surface area contributed by atoms with Crippen LogP contribution >= 0.6 is 0 Å². The molecule has 1 aliphatic rings. The van der Waals surface area contributed by atoms with E-state index >= 15 is 0 Å². The fraction of sp³-hybridized carbons (Fsp3) is 0.467. The highest BCUT2D eigenvalue weighted by atomic mass is 28.3. The van der Waals surface area contributed by atoms with Crippen molar-refractivity contribution in [2.45, 2.75) is 57.9 Å². The van der Waals surface area contributed by atoms with Gasteiger partial charge in [-0.3, -0.25) is 4.68 Å². The number of rotatable bonds is 12. The second-order valence-corrected chi connectivity index (χ2v) is 17.7. The van der Waals surface area contributed by atoms with E-state index in [1.165, 1.54) is 7.11 Å². The summed E-state index contributed by atoms with van der Waals surface area (Å²) in [7, 11) is 0.294. The number of nitriles is 2. The number of pyridine rings is 1. The van der Waals surface area contributed by atoms with E-state index in [0.717, 1.165) is 47.6 Å². The smallest absolute Gasteiger partial charge is 0.148 e. The van der Waals surface area contributed by atoms with Crippen LogP contribution in [-0.4, -0.2) is 64.2 Å². The first-order valence-electron chi connectivity index (χ1n) is 14.3. The van der Waals surface area contributed by atoms with Crippen LogP contribution in [-0.2, 0) is 22.8 Å². The Balaban J connectivity index is 1.35. The molecule has 1 saturated heterocycles. The Morgan fingerprint density at radius 3 is 2.77 bits per heavy atom. The molecule has 0 unspecified atom stereocenters. The molecule has 5 heterocycles. The Labute approximate surface area is 251 Å². The third kappa shape index (κ3) is 6.59. The normalized spacial score (nSPS) is 16.0. The number of ether oxygens (including phenoxy) is 2. The number of methoxy groups -OCH3 is 1. The van der Waals surface area contributed by atoms with Crippen LogP contribution in [0, 0.1) is 34.4 Å². The summed E-state index contributed by atoms with van der Waals surface area (Å²) in [6, 6.07) is 7.32. The van der Waals surface area contributed by atoms with Crippen LogP contribution in [0.15, 0.2) is 37.2 Å². The molecule has 0 aromatic carbocycles. The number of fused-ring (bicyclic) bond motifs is 1. The van der Waals surface area contributed by atoms with E-state index in [-0.39, 0.29) is 36.1 Å². The van der Waals surface area contributed by atoms with Crippen molar-refractivity contribution >= 4 is 24.9 Å². The summed E-state index contributed by atoms with van der Waals surface area (Å²) in [5.41, 5.74) is 2.77. The van der Waals surface area contributed by atoms with Crippen LogP contribution in [0.2, 0.25) is 25.7 Å². The molecule has 2 atom stereocenters. The zero-order chi connectivity index (χ0) is 30.6. The molecular formula is C30H36FN9O2Si. The van der Waals surface area contributed by atoms with Gasteiger partial charge in [0, 0.05) is 69.7 Å². The predicted molar refractivity (Wildman–Crippen MR) is 162 cm³/mol. The summed E-state index contributed by atoms with van der Waals surface area (Å²) < 4.78 is 29.3. The van der Waals surface area contributed by atoms with Gasteiger partial charge >= 0.3 is 0 Å². The number of aromatic nitrogens is 6. The summed E-state index contributed by atoms with van der Waals surface area (Å²) in [5.74, 6) is -0.0581. The molecule has 43 heavy (non-hydrogen) atoms. The van der Waals surface area contributed by atoms with Crippen molar-refractivity contribution in [3.05, 3.63) is 54.1 Å². The summed E-state index contributed by atoms with van der Waals surface area (Å²) in [5, 5.41) is 25.1. The van der Waals surface area contributed by atoms with Gasteiger partial charge in [0.1, 0.15) is 42.0 Å². The minimum Gasteiger partial charge on any atom is -0.380 e. The highest BCUT2D eigenvalue weighted by molar-refractivity contribution is 6.76. The van der Waals surface area contributed by atoms with Crippen LogP contribution in [0.3, 0.4) is 0 Å². The first-order valence-corrected chi connectivity index (χ1v) is 18.0. The van der Waals surface area contributed by atoms with E-state index in [1.54, 1.807) is 12.5 Å². The molecule has 0 spiro atoms. The maximum Gasteiger partial charge on any atom is 0.148 e. The molecular weight excluding hydrogens is 565 g/mol. The third-order valence-electron chi connectivity index (χ3n) is 7.88. The van der Waals surface area contributed by atoms with Crippen LogP contribution in [0.1, 0.15) is 30.0 Å². The van der Waals surface area contributed by atoms with Gasteiger partial charge in [0.2, 0.25) is 0 Å². The summed E-state index contributed by atoms with van der Waals surface area (Å²) in [6.45, 7) is 9.31. The highest BCUT2D eigenvalue weighted by Crippen LogP contribution is 2.35. The third-order valence-corrected chi connectivity index (χ3v) is 9.58. The Kier molecular flexibility index (Phi) is 9.16. The maximum atomic E-state index is 14.4. The van der Waals surface area contributed by atoms with Crippen LogP contribution < -0.4 is 4.90 Å². The van der Waals surface area contributed by atoms with E-state index in [0.29, 0.717) is 25.6 Å². The second-order valence-electron chi connectivity index (χ2n) is 12.1. The van der Waals surface area contributed by atoms with Crippen molar-refractivity contribution in [1.82, 2.24) is 29.3 Å². The topological polar surface area (TPSA) is 131 Å². The summed E-state index contributed by atoms with van der Waals surface area (Å²) in [6.07, 6.45) is 9.39. The van der Waals surface area contributed by atoms with Gasteiger partial charge in [0.15, 0.2) is 0 Å². The van der Waals surface area contributed by atoms with Gasteiger partial charge in [0.25, 0.3) is 0 Å². The molecule has 0 saturated carbocycles. The zero-order valence-corrected chi connectivity index (χ0v) is 26.0. The molecule has 4 aromatic rings. The fourth-order valence-corrected chi connectivity index (χ4v) is 6.30. The van der Waals surface area contributed by atoms with E-state index in [1.807, 2.05) is 32.6 Å². The Hall–Kier alpha value is -4.17. The van der Waals surface area contributed by atoms with Gasteiger partial charge in [-0.1, -0.05) is 19.6 Å². The van der Waals surface area contributed by atoms with Crippen molar-refractivity contribution in [3.63, 3.8) is 0 Å². The minimum atomic E-state index is -1.17. The SMILES string of the molecule is COCc1c(F)cnc(N2CC[C@H]([C@H](CC#N)n3cc(-c4ncnc5c4ccn5COCC[Si](C)(C)C)cn3)C2)c1C#N. The lowest BCUT2D eigenvalue weighted by atomic mass is 9.96. The number of hydrogen-bond acceptors (Lipinski definition) is 9. The number of anilines is 1. The van der Waals surface area contributed by atoms with Gasteiger partial charge in [-0.15, -0.1) is 0 Å². The molecule has 1 fully saturated rings. The lowest BCUT2D eigenvalue weighted by Crippen LogP contribution is -2.26. The lowest BCUT2D eigenvalue weighted by Gasteiger charge is -2.24. The number of hydrogen-bond donors (Lipinski definition) is 0. The Morgan fingerprint density at radius 1 is 1.19 bits per heavy atom. The Bertz CT molecular complexity index is 1670. The molecule has 0 aliphatic carbocycles. The molecule has 13 heteroatoms. The van der Waals surface area contributed by atoms with Gasteiger partial charge in [-0.25, -0.2) is 19.3 Å². The van der Waals surface area contributed by atoms with Gasteiger partial charge in [0.05, 0.1) is 43.2 Å². The van der Waals surface area contributed by atoms with E-state index < -0.39 is 13.9 Å². The van der Waals surface area contributed by atoms with E-state index in [4.69, 9.17) is 9.47 Å². The fourth-order valence-electron chi connectivity index (χ4n) is 5.54. The van der Waals surface area contributed by atoms with E-state index in [2.05, 4.69) is 51.8 Å². The summed E-state index contributed by atoms with van der Waals surface area (Å²) in [4.78, 5) is 15.3. The number of nitrogens with zero attached hydrogens (tertiary/aromatic N) is 9. The molecule has 11 nitrogen and oxygen atoms in total. The zero-order valence-electron chi connectivity index (χ0n) is 25.0. The predicted octanol–water partition coefficient (Wildman–Crippen LogP) is 5.14. The first kappa shape index (κ1) is 30.3. The second kappa shape index (κ2) is 13.0. The van der Waals surface area contributed by atoms with Crippen LogP contribution in [0.4, 0.5) is 10.2 Å². The summed E-state index contributed by atoms with van der Waals surface area (Å²) >= 11 is 0. The van der Waals surface area contributed by atoms with Gasteiger partial charge < -0.3 is 18.9 Å². The first-order chi connectivity index (χ1) is 20.7. The van der Waals surface area contributed by atoms with Crippen molar-refractivity contribution in [2.75, 3.05) is 31.7 Å². The van der Waals surface area contributed by atoms with Crippen molar-refractivity contribution in [1.29, 1.82) is 10.5 Å².